The van der Waals surface area contributed by atoms with Gasteiger partial charge in [0.05, 0.1) is 13.7 Å². The molecule has 1 aliphatic rings. The Bertz CT molecular complexity index is 399. The van der Waals surface area contributed by atoms with E-state index < -0.39 is 0 Å². The minimum Gasteiger partial charge on any atom is -0.481 e. The van der Waals surface area contributed by atoms with Crippen LogP contribution < -0.4 is 10.1 Å². The standard InChI is InChI=1S/C13H17N3O/c1-17-13-5-4-12(11-15-13)3-2-8-16-9-6-14-7-10-16/h4-5,11,14H,6-10H2,1H3. The molecule has 0 bridgehead atoms. The first-order valence-corrected chi connectivity index (χ1v) is 5.80. The molecular weight excluding hydrogens is 214 g/mol. The fourth-order valence-electron chi connectivity index (χ4n) is 1.70. The van der Waals surface area contributed by atoms with Crippen LogP contribution in [-0.2, 0) is 0 Å². The van der Waals surface area contributed by atoms with Crippen molar-refractivity contribution in [1.29, 1.82) is 0 Å². The number of nitrogens with zero attached hydrogens (tertiary/aromatic N) is 2. The Morgan fingerprint density at radius 3 is 2.88 bits per heavy atom. The van der Waals surface area contributed by atoms with Crippen molar-refractivity contribution in [1.82, 2.24) is 15.2 Å². The molecular formula is C13H17N3O. The summed E-state index contributed by atoms with van der Waals surface area (Å²) in [5.41, 5.74) is 0.931. The van der Waals surface area contributed by atoms with E-state index in [0.717, 1.165) is 38.3 Å². The van der Waals surface area contributed by atoms with E-state index in [2.05, 4.69) is 27.0 Å². The van der Waals surface area contributed by atoms with Crippen molar-refractivity contribution in [2.75, 3.05) is 39.8 Å². The molecule has 1 N–H and O–H groups in total. The second kappa shape index (κ2) is 6.24. The van der Waals surface area contributed by atoms with Gasteiger partial charge in [0.1, 0.15) is 0 Å². The van der Waals surface area contributed by atoms with Crippen LogP contribution in [0.2, 0.25) is 0 Å². The fourth-order valence-corrected chi connectivity index (χ4v) is 1.70. The Balaban J connectivity index is 1.86. The Hall–Kier alpha value is -1.57. The van der Waals surface area contributed by atoms with Crippen LogP contribution in [0.25, 0.3) is 0 Å². The normalized spacial score (nSPS) is 16.1. The zero-order valence-electron chi connectivity index (χ0n) is 10.1. The summed E-state index contributed by atoms with van der Waals surface area (Å²) >= 11 is 0. The Kier molecular flexibility index (Phi) is 4.37. The van der Waals surface area contributed by atoms with Crippen LogP contribution in [0, 0.1) is 11.8 Å². The van der Waals surface area contributed by atoms with Crippen molar-refractivity contribution in [3.8, 4) is 17.7 Å². The van der Waals surface area contributed by atoms with Crippen LogP contribution in [0.5, 0.6) is 5.88 Å². The lowest BCUT2D eigenvalue weighted by Crippen LogP contribution is -2.43. The van der Waals surface area contributed by atoms with Crippen molar-refractivity contribution < 1.29 is 4.74 Å². The van der Waals surface area contributed by atoms with E-state index in [1.54, 1.807) is 13.3 Å². The summed E-state index contributed by atoms with van der Waals surface area (Å²) in [6, 6.07) is 3.76. The van der Waals surface area contributed by atoms with Crippen LogP contribution in [0.15, 0.2) is 18.3 Å². The van der Waals surface area contributed by atoms with E-state index in [4.69, 9.17) is 4.74 Å². The zero-order valence-corrected chi connectivity index (χ0v) is 10.1. The highest BCUT2D eigenvalue weighted by atomic mass is 16.5. The molecule has 0 saturated carbocycles. The molecule has 0 aliphatic carbocycles. The van der Waals surface area contributed by atoms with Crippen molar-refractivity contribution in [2.45, 2.75) is 0 Å². The average molecular weight is 231 g/mol. The Labute approximate surface area is 102 Å². The maximum absolute atomic E-state index is 4.99. The van der Waals surface area contributed by atoms with Gasteiger partial charge in [-0.1, -0.05) is 11.8 Å². The van der Waals surface area contributed by atoms with Crippen LogP contribution in [0.1, 0.15) is 5.56 Å². The predicted molar refractivity (Wildman–Crippen MR) is 67.0 cm³/mol. The smallest absolute Gasteiger partial charge is 0.212 e. The molecule has 17 heavy (non-hydrogen) atoms. The molecule has 0 atom stereocenters. The fraction of sp³-hybridized carbons (Fsp3) is 0.462. The van der Waals surface area contributed by atoms with Gasteiger partial charge >= 0.3 is 0 Å². The van der Waals surface area contributed by atoms with E-state index in [1.807, 2.05) is 12.1 Å². The molecule has 4 nitrogen and oxygen atoms in total. The molecule has 2 heterocycles. The number of hydrogen-bond acceptors (Lipinski definition) is 4. The van der Waals surface area contributed by atoms with Gasteiger partial charge in [-0.25, -0.2) is 4.98 Å². The van der Waals surface area contributed by atoms with Gasteiger partial charge in [-0.05, 0) is 6.07 Å². The van der Waals surface area contributed by atoms with Gasteiger partial charge < -0.3 is 10.1 Å². The molecule has 4 heteroatoms. The number of piperazine rings is 1. The summed E-state index contributed by atoms with van der Waals surface area (Å²) in [7, 11) is 1.61. The van der Waals surface area contributed by atoms with Crippen LogP contribution >= 0.6 is 0 Å². The van der Waals surface area contributed by atoms with Crippen molar-refractivity contribution in [3.63, 3.8) is 0 Å². The maximum atomic E-state index is 4.99. The summed E-state index contributed by atoms with van der Waals surface area (Å²) in [6.07, 6.45) is 1.74. The van der Waals surface area contributed by atoms with E-state index in [-0.39, 0.29) is 0 Å². The predicted octanol–water partition coefficient (Wildman–Crippen LogP) is 0.347. The SMILES string of the molecule is COc1ccc(C#CCN2CCNCC2)cn1. The van der Waals surface area contributed by atoms with E-state index in [0.29, 0.717) is 5.88 Å². The van der Waals surface area contributed by atoms with Gasteiger partial charge in [-0.2, -0.15) is 0 Å². The lowest BCUT2D eigenvalue weighted by Gasteiger charge is -2.24. The maximum Gasteiger partial charge on any atom is 0.212 e. The highest BCUT2D eigenvalue weighted by Gasteiger charge is 2.06. The lowest BCUT2D eigenvalue weighted by molar-refractivity contribution is 0.268. The highest BCUT2D eigenvalue weighted by Crippen LogP contribution is 2.05. The van der Waals surface area contributed by atoms with Crippen LogP contribution in [-0.4, -0.2) is 49.7 Å². The van der Waals surface area contributed by atoms with Gasteiger partial charge in [0.25, 0.3) is 0 Å². The number of rotatable bonds is 2. The second-order valence-electron chi connectivity index (χ2n) is 3.92. The molecule has 2 rings (SSSR count). The monoisotopic (exact) mass is 231 g/mol. The van der Waals surface area contributed by atoms with Crippen LogP contribution in [0.4, 0.5) is 0 Å². The van der Waals surface area contributed by atoms with Crippen molar-refractivity contribution >= 4 is 0 Å². The van der Waals surface area contributed by atoms with Crippen LogP contribution in [0.3, 0.4) is 0 Å². The molecule has 1 aromatic heterocycles. The number of ether oxygens (including phenoxy) is 1. The summed E-state index contributed by atoms with van der Waals surface area (Å²) in [5.74, 6) is 6.91. The third kappa shape index (κ3) is 3.74. The van der Waals surface area contributed by atoms with E-state index in [9.17, 15) is 0 Å². The van der Waals surface area contributed by atoms with Gasteiger partial charge in [0.2, 0.25) is 5.88 Å². The molecule has 1 fully saturated rings. The summed E-state index contributed by atoms with van der Waals surface area (Å²) < 4.78 is 4.99. The molecule has 0 unspecified atom stereocenters. The Morgan fingerprint density at radius 1 is 1.41 bits per heavy atom. The van der Waals surface area contributed by atoms with Crippen molar-refractivity contribution in [3.05, 3.63) is 23.9 Å². The number of methoxy groups -OCH3 is 1. The lowest BCUT2D eigenvalue weighted by atomic mass is 10.3. The largest absolute Gasteiger partial charge is 0.481 e. The molecule has 0 spiro atoms. The summed E-state index contributed by atoms with van der Waals surface area (Å²) in [6.45, 7) is 5.11. The Morgan fingerprint density at radius 2 is 2.24 bits per heavy atom. The number of aromatic nitrogens is 1. The quantitative estimate of drug-likeness (QED) is 0.745. The summed E-state index contributed by atoms with van der Waals surface area (Å²) in [5, 5.41) is 3.32. The third-order valence-electron chi connectivity index (χ3n) is 2.69. The first kappa shape index (κ1) is 11.9. The number of hydrogen-bond donors (Lipinski definition) is 1. The minimum atomic E-state index is 0.623. The molecule has 90 valence electrons. The molecule has 0 aromatic carbocycles. The number of nitrogens with one attached hydrogen (secondary N) is 1. The molecule has 0 radical (unpaired) electrons. The molecule has 0 amide bonds. The van der Waals surface area contributed by atoms with Gasteiger partial charge in [0.15, 0.2) is 0 Å². The first-order valence-electron chi connectivity index (χ1n) is 5.80. The van der Waals surface area contributed by atoms with Gasteiger partial charge in [-0.15, -0.1) is 0 Å². The van der Waals surface area contributed by atoms with Gasteiger partial charge in [-0.3, -0.25) is 4.90 Å². The zero-order chi connectivity index (χ0) is 11.9. The van der Waals surface area contributed by atoms with E-state index in [1.165, 1.54) is 0 Å². The average Bonchev–Trinajstić information content (AvgIpc) is 2.41. The van der Waals surface area contributed by atoms with Crippen molar-refractivity contribution in [2.24, 2.45) is 0 Å². The molecule has 1 aliphatic heterocycles. The second-order valence-corrected chi connectivity index (χ2v) is 3.92. The topological polar surface area (TPSA) is 37.4 Å². The van der Waals surface area contributed by atoms with E-state index >= 15 is 0 Å². The summed E-state index contributed by atoms with van der Waals surface area (Å²) in [4.78, 5) is 6.46. The first-order chi connectivity index (χ1) is 8.38. The molecule has 1 aromatic rings. The number of pyridine rings is 1. The minimum absolute atomic E-state index is 0.623. The third-order valence-corrected chi connectivity index (χ3v) is 2.69. The molecule has 1 saturated heterocycles. The van der Waals surface area contributed by atoms with Gasteiger partial charge in [0, 0.05) is 44.0 Å². The highest BCUT2D eigenvalue weighted by molar-refractivity contribution is 5.33.